The lowest BCUT2D eigenvalue weighted by Gasteiger charge is -2.05. The van der Waals surface area contributed by atoms with Crippen LogP contribution in [0.1, 0.15) is 18.3 Å². The molecular formula is C12H13N5O2S. The van der Waals surface area contributed by atoms with Crippen LogP contribution >= 0.6 is 0 Å². The summed E-state index contributed by atoms with van der Waals surface area (Å²) >= 11 is 0. The van der Waals surface area contributed by atoms with Crippen LogP contribution in [0.25, 0.3) is 0 Å². The zero-order valence-corrected chi connectivity index (χ0v) is 11.6. The Hall–Kier alpha value is -2.40. The van der Waals surface area contributed by atoms with E-state index in [1.807, 2.05) is 13.0 Å². The van der Waals surface area contributed by atoms with Crippen molar-refractivity contribution in [2.75, 3.05) is 4.72 Å². The fourth-order valence-electron chi connectivity index (χ4n) is 1.59. The van der Waals surface area contributed by atoms with Crippen LogP contribution in [0.4, 0.5) is 5.95 Å². The van der Waals surface area contributed by atoms with Gasteiger partial charge in [0.05, 0.1) is 17.4 Å². The van der Waals surface area contributed by atoms with Crippen molar-refractivity contribution in [1.29, 1.82) is 5.26 Å². The Morgan fingerprint density at radius 1 is 1.45 bits per heavy atom. The highest BCUT2D eigenvalue weighted by molar-refractivity contribution is 7.92. The number of hydrogen-bond donors (Lipinski definition) is 2. The molecule has 0 atom stereocenters. The average molecular weight is 291 g/mol. The third-order valence-electron chi connectivity index (χ3n) is 2.58. The van der Waals surface area contributed by atoms with Crippen molar-refractivity contribution in [1.82, 2.24) is 15.2 Å². The fraction of sp³-hybridized carbons (Fsp3) is 0.250. The quantitative estimate of drug-likeness (QED) is 0.860. The van der Waals surface area contributed by atoms with Crippen LogP contribution in [-0.4, -0.2) is 23.6 Å². The minimum absolute atomic E-state index is 0.00698. The molecule has 0 aliphatic carbocycles. The van der Waals surface area contributed by atoms with Crippen LogP contribution in [-0.2, 0) is 22.9 Å². The Bertz CT molecular complexity index is 745. The van der Waals surface area contributed by atoms with Gasteiger partial charge in [-0.25, -0.2) is 13.1 Å². The van der Waals surface area contributed by atoms with Crippen molar-refractivity contribution < 1.29 is 8.42 Å². The number of aromatic nitrogens is 3. The molecule has 2 rings (SSSR count). The summed E-state index contributed by atoms with van der Waals surface area (Å²) in [6.45, 7) is 1.88. The van der Waals surface area contributed by atoms with Crippen molar-refractivity contribution >= 4 is 16.0 Å². The molecule has 0 aliphatic rings. The lowest BCUT2D eigenvalue weighted by molar-refractivity contribution is 0.600. The van der Waals surface area contributed by atoms with Gasteiger partial charge in [-0.05, 0) is 17.7 Å². The van der Waals surface area contributed by atoms with E-state index in [4.69, 9.17) is 5.26 Å². The second-order valence-electron chi connectivity index (χ2n) is 4.05. The maximum Gasteiger partial charge on any atom is 0.264 e. The Morgan fingerprint density at radius 3 is 2.90 bits per heavy atom. The van der Waals surface area contributed by atoms with Crippen LogP contribution in [0.15, 0.2) is 29.2 Å². The largest absolute Gasteiger partial charge is 0.264 e. The first-order valence-corrected chi connectivity index (χ1v) is 7.43. The average Bonchev–Trinajstić information content (AvgIpc) is 2.86. The van der Waals surface area contributed by atoms with E-state index in [1.165, 1.54) is 12.1 Å². The molecule has 0 amide bonds. The molecule has 7 nitrogen and oxygen atoms in total. The number of nitriles is 1. The van der Waals surface area contributed by atoms with Gasteiger partial charge in [-0.1, -0.05) is 19.1 Å². The van der Waals surface area contributed by atoms with Crippen molar-refractivity contribution in [3.8, 4) is 6.07 Å². The lowest BCUT2D eigenvalue weighted by Crippen LogP contribution is -2.14. The first-order chi connectivity index (χ1) is 9.55. The van der Waals surface area contributed by atoms with Crippen LogP contribution in [0, 0.1) is 11.3 Å². The smallest absolute Gasteiger partial charge is 0.261 e. The number of benzene rings is 1. The van der Waals surface area contributed by atoms with E-state index in [0.717, 1.165) is 0 Å². The normalized spacial score (nSPS) is 11.0. The standard InChI is InChI=1S/C12H13N5O2S/c1-2-11-14-12(16-15-11)17-20(18,19)10-5-3-4-9(8-10)6-7-13/h3-5,8H,2,6H2,1H3,(H2,14,15,16,17). The summed E-state index contributed by atoms with van der Waals surface area (Å²) in [4.78, 5) is 4.07. The number of H-pyrrole nitrogens is 1. The van der Waals surface area contributed by atoms with Crippen molar-refractivity contribution in [3.63, 3.8) is 0 Å². The number of aromatic amines is 1. The maximum atomic E-state index is 12.2. The zero-order chi connectivity index (χ0) is 14.6. The number of rotatable bonds is 5. The van der Waals surface area contributed by atoms with E-state index < -0.39 is 10.0 Å². The molecule has 0 saturated carbocycles. The van der Waals surface area contributed by atoms with Gasteiger partial charge in [0.25, 0.3) is 16.0 Å². The van der Waals surface area contributed by atoms with Gasteiger partial charge in [0.15, 0.2) is 0 Å². The number of aryl methyl sites for hydroxylation is 1. The molecule has 0 unspecified atom stereocenters. The van der Waals surface area contributed by atoms with Gasteiger partial charge in [-0.3, -0.25) is 5.10 Å². The van der Waals surface area contributed by atoms with Gasteiger partial charge in [0.1, 0.15) is 5.82 Å². The molecule has 0 aliphatic heterocycles. The van der Waals surface area contributed by atoms with E-state index in [2.05, 4.69) is 19.9 Å². The Kier molecular flexibility index (Phi) is 4.00. The molecule has 1 aromatic carbocycles. The summed E-state index contributed by atoms with van der Waals surface area (Å²) in [5.74, 6) is 0.605. The Morgan fingerprint density at radius 2 is 2.25 bits per heavy atom. The third kappa shape index (κ3) is 3.13. The van der Waals surface area contributed by atoms with Crippen LogP contribution < -0.4 is 4.72 Å². The van der Waals surface area contributed by atoms with Crippen LogP contribution in [0.3, 0.4) is 0 Å². The van der Waals surface area contributed by atoms with Crippen molar-refractivity contribution in [2.45, 2.75) is 24.7 Å². The predicted molar refractivity (Wildman–Crippen MR) is 72.3 cm³/mol. The molecule has 0 saturated heterocycles. The Labute approximate surface area is 116 Å². The number of sulfonamides is 1. The highest BCUT2D eigenvalue weighted by Crippen LogP contribution is 2.15. The molecule has 1 heterocycles. The van der Waals surface area contributed by atoms with Gasteiger partial charge < -0.3 is 0 Å². The molecule has 0 radical (unpaired) electrons. The van der Waals surface area contributed by atoms with E-state index in [0.29, 0.717) is 17.8 Å². The molecule has 8 heteroatoms. The minimum Gasteiger partial charge on any atom is -0.261 e. The molecule has 0 fully saturated rings. The third-order valence-corrected chi connectivity index (χ3v) is 3.91. The fourth-order valence-corrected chi connectivity index (χ4v) is 2.61. The minimum atomic E-state index is -3.75. The monoisotopic (exact) mass is 291 g/mol. The topological polar surface area (TPSA) is 112 Å². The molecule has 2 N–H and O–H groups in total. The van der Waals surface area contributed by atoms with Gasteiger partial charge in [-0.15, -0.1) is 5.10 Å². The molecule has 0 spiro atoms. The van der Waals surface area contributed by atoms with Gasteiger partial charge in [-0.2, -0.15) is 10.2 Å². The molecule has 1 aromatic heterocycles. The maximum absolute atomic E-state index is 12.2. The summed E-state index contributed by atoms with van der Waals surface area (Å²) in [6, 6.07) is 8.18. The molecule has 2 aromatic rings. The summed E-state index contributed by atoms with van der Waals surface area (Å²) in [5.41, 5.74) is 0.639. The second kappa shape index (κ2) is 5.71. The number of nitrogens with one attached hydrogen (secondary N) is 2. The van der Waals surface area contributed by atoms with Crippen LogP contribution in [0.2, 0.25) is 0 Å². The first kappa shape index (κ1) is 14.0. The highest BCUT2D eigenvalue weighted by atomic mass is 32.2. The summed E-state index contributed by atoms with van der Waals surface area (Å²) in [6.07, 6.45) is 0.788. The van der Waals surface area contributed by atoms with Crippen molar-refractivity contribution in [3.05, 3.63) is 35.7 Å². The molecular weight excluding hydrogens is 278 g/mol. The summed E-state index contributed by atoms with van der Waals surface area (Å²) < 4.78 is 26.6. The number of anilines is 1. The number of hydrogen-bond acceptors (Lipinski definition) is 5. The van der Waals surface area contributed by atoms with Gasteiger partial charge in [0, 0.05) is 6.42 Å². The molecule has 20 heavy (non-hydrogen) atoms. The molecule has 104 valence electrons. The SMILES string of the molecule is CCc1nc(NS(=O)(=O)c2cccc(CC#N)c2)n[nH]1. The van der Waals surface area contributed by atoms with E-state index in [1.54, 1.807) is 12.1 Å². The first-order valence-electron chi connectivity index (χ1n) is 5.95. The summed E-state index contributed by atoms with van der Waals surface area (Å²) in [5, 5.41) is 15.0. The van der Waals surface area contributed by atoms with Crippen LogP contribution in [0.5, 0.6) is 0 Å². The number of nitrogens with zero attached hydrogens (tertiary/aromatic N) is 3. The summed E-state index contributed by atoms with van der Waals surface area (Å²) in [7, 11) is -3.75. The van der Waals surface area contributed by atoms with Gasteiger partial charge >= 0.3 is 0 Å². The zero-order valence-electron chi connectivity index (χ0n) is 10.8. The lowest BCUT2D eigenvalue weighted by atomic mass is 10.2. The van der Waals surface area contributed by atoms with E-state index >= 15 is 0 Å². The highest BCUT2D eigenvalue weighted by Gasteiger charge is 2.16. The van der Waals surface area contributed by atoms with E-state index in [-0.39, 0.29) is 17.3 Å². The molecule has 0 bridgehead atoms. The van der Waals surface area contributed by atoms with E-state index in [9.17, 15) is 8.42 Å². The van der Waals surface area contributed by atoms with Crippen molar-refractivity contribution in [2.24, 2.45) is 0 Å². The second-order valence-corrected chi connectivity index (χ2v) is 5.73. The Balaban J connectivity index is 2.26. The van der Waals surface area contributed by atoms with Gasteiger partial charge in [0.2, 0.25) is 0 Å². The predicted octanol–water partition coefficient (Wildman–Crippen LogP) is 1.23.